The number of hydrogen-bond acceptors (Lipinski definition) is 3. The van der Waals surface area contributed by atoms with Crippen LogP contribution in [0.25, 0.3) is 0 Å². The highest BCUT2D eigenvalue weighted by atomic mass is 16.5. The van der Waals surface area contributed by atoms with Gasteiger partial charge in [0, 0.05) is 5.92 Å². The first-order valence-electron chi connectivity index (χ1n) is 10.3. The topological polar surface area (TPSA) is 77.8 Å². The summed E-state index contributed by atoms with van der Waals surface area (Å²) in [5.74, 6) is -4.40. The zero-order chi connectivity index (χ0) is 20.1. The maximum Gasteiger partial charge on any atom is 0.364 e. The van der Waals surface area contributed by atoms with Crippen molar-refractivity contribution < 1.29 is 20.1 Å². The van der Waals surface area contributed by atoms with Gasteiger partial charge in [-0.25, -0.2) is 4.79 Å². The van der Waals surface area contributed by atoms with Crippen LogP contribution in [0.2, 0.25) is 0 Å². The van der Waals surface area contributed by atoms with Crippen molar-refractivity contribution >= 4 is 5.97 Å². The Kier molecular flexibility index (Phi) is 11.0. The van der Waals surface area contributed by atoms with E-state index < -0.39 is 17.7 Å². The lowest BCUT2D eigenvalue weighted by molar-refractivity contribution is -0.214. The summed E-state index contributed by atoms with van der Waals surface area (Å²) in [5.41, 5.74) is 2.91. The second kappa shape index (κ2) is 12.7. The predicted octanol–water partition coefficient (Wildman–Crippen LogP) is 4.99. The summed E-state index contributed by atoms with van der Waals surface area (Å²) in [6, 6.07) is 0. The summed E-state index contributed by atoms with van der Waals surface area (Å²) in [4.78, 5) is 10.8. The van der Waals surface area contributed by atoms with Crippen LogP contribution in [0.1, 0.15) is 71.6 Å². The van der Waals surface area contributed by atoms with Crippen LogP contribution in [0.3, 0.4) is 0 Å². The van der Waals surface area contributed by atoms with E-state index in [1.165, 1.54) is 51.5 Å². The van der Waals surface area contributed by atoms with Crippen LogP contribution < -0.4 is 0 Å². The van der Waals surface area contributed by atoms with Crippen LogP contribution >= 0.6 is 0 Å². The standard InChI is InChI=1S/C23H36O4/c1-3-4-5-6-7-8-9-10-15-20-17-13-18-21(20)16-12-11-14-19(2)23(26,27)22(24)25/h10,12-15,17,19-21,26-27H,3-9,16,18H2,1-2H3,(H,24,25)/t11?,19?,20-,21-/m0/s1. The summed E-state index contributed by atoms with van der Waals surface area (Å²) in [6.07, 6.45) is 23.2. The third kappa shape index (κ3) is 8.75. The normalized spacial score (nSPS) is 20.6. The van der Waals surface area contributed by atoms with Gasteiger partial charge in [0.2, 0.25) is 0 Å². The monoisotopic (exact) mass is 376 g/mol. The lowest BCUT2D eigenvalue weighted by atomic mass is 9.91. The lowest BCUT2D eigenvalue weighted by Crippen LogP contribution is -2.43. The Hall–Kier alpha value is -1.61. The molecular formula is C23H36O4. The van der Waals surface area contributed by atoms with Gasteiger partial charge in [0.15, 0.2) is 0 Å². The van der Waals surface area contributed by atoms with Gasteiger partial charge in [-0.15, -0.1) is 5.73 Å². The number of unbranched alkanes of at least 4 members (excludes halogenated alkanes) is 6. The van der Waals surface area contributed by atoms with E-state index in [9.17, 15) is 15.0 Å². The van der Waals surface area contributed by atoms with Gasteiger partial charge in [-0.05, 0) is 49.7 Å². The van der Waals surface area contributed by atoms with Gasteiger partial charge in [-0.3, -0.25) is 0 Å². The fourth-order valence-corrected chi connectivity index (χ4v) is 3.24. The Morgan fingerprint density at radius 3 is 2.67 bits per heavy atom. The summed E-state index contributed by atoms with van der Waals surface area (Å²) in [5, 5.41) is 27.7. The number of carboxylic acids is 1. The van der Waals surface area contributed by atoms with Crippen molar-refractivity contribution in [1.29, 1.82) is 0 Å². The Morgan fingerprint density at radius 2 is 1.96 bits per heavy atom. The van der Waals surface area contributed by atoms with Crippen molar-refractivity contribution in [3.63, 3.8) is 0 Å². The molecule has 0 heterocycles. The first-order valence-corrected chi connectivity index (χ1v) is 10.3. The van der Waals surface area contributed by atoms with Crippen molar-refractivity contribution in [2.45, 2.75) is 77.4 Å². The third-order valence-corrected chi connectivity index (χ3v) is 5.26. The minimum atomic E-state index is -2.75. The second-order valence-electron chi connectivity index (χ2n) is 7.58. The first-order chi connectivity index (χ1) is 12.9. The number of carbonyl (C=O) groups is 1. The quantitative estimate of drug-likeness (QED) is 0.183. The molecular weight excluding hydrogens is 340 g/mol. The molecule has 4 nitrogen and oxygen atoms in total. The first kappa shape index (κ1) is 23.4. The summed E-state index contributed by atoms with van der Waals surface area (Å²) in [7, 11) is 0. The lowest BCUT2D eigenvalue weighted by Gasteiger charge is -2.20. The van der Waals surface area contributed by atoms with Crippen molar-refractivity contribution in [2.75, 3.05) is 0 Å². The smallest absolute Gasteiger partial charge is 0.364 e. The molecule has 0 bridgehead atoms. The molecule has 0 aromatic heterocycles. The molecule has 3 atom stereocenters. The molecule has 1 unspecified atom stereocenters. The van der Waals surface area contributed by atoms with E-state index in [1.54, 1.807) is 0 Å². The van der Waals surface area contributed by atoms with Gasteiger partial charge in [-0.2, -0.15) is 0 Å². The molecule has 0 aromatic rings. The van der Waals surface area contributed by atoms with Gasteiger partial charge in [0.1, 0.15) is 0 Å². The number of rotatable bonds is 13. The molecule has 0 saturated carbocycles. The number of aliphatic carboxylic acids is 1. The van der Waals surface area contributed by atoms with Crippen LogP contribution in [-0.4, -0.2) is 27.1 Å². The molecule has 4 heteroatoms. The SMILES string of the molecule is CCCCCCCCC=C[C@H]1C=CC[C@@H]1CC=C=CC(C)C(O)(O)C(=O)O. The van der Waals surface area contributed by atoms with Gasteiger partial charge >= 0.3 is 5.97 Å². The van der Waals surface area contributed by atoms with Crippen molar-refractivity contribution in [2.24, 2.45) is 17.8 Å². The molecule has 0 spiro atoms. The molecule has 152 valence electrons. The van der Waals surface area contributed by atoms with Crippen LogP contribution in [0, 0.1) is 17.8 Å². The molecule has 1 aliphatic rings. The Labute approximate surface area is 164 Å². The van der Waals surface area contributed by atoms with E-state index in [-0.39, 0.29) is 0 Å². The molecule has 3 N–H and O–H groups in total. The minimum Gasteiger partial charge on any atom is -0.477 e. The number of allylic oxidation sites excluding steroid dienone is 4. The number of aliphatic hydroxyl groups is 2. The van der Waals surface area contributed by atoms with Gasteiger partial charge < -0.3 is 15.3 Å². The average Bonchev–Trinajstić information content (AvgIpc) is 3.07. The molecule has 0 aromatic carbocycles. The van der Waals surface area contributed by atoms with E-state index in [1.807, 2.05) is 6.08 Å². The van der Waals surface area contributed by atoms with Crippen LogP contribution in [0.15, 0.2) is 42.2 Å². The summed E-state index contributed by atoms with van der Waals surface area (Å²) in [6.45, 7) is 3.68. The summed E-state index contributed by atoms with van der Waals surface area (Å²) < 4.78 is 0. The molecule has 1 rings (SSSR count). The Balaban J connectivity index is 2.35. The maximum absolute atomic E-state index is 10.8. The van der Waals surface area contributed by atoms with E-state index >= 15 is 0 Å². The van der Waals surface area contributed by atoms with Gasteiger partial charge in [-0.1, -0.05) is 70.3 Å². The third-order valence-electron chi connectivity index (χ3n) is 5.26. The van der Waals surface area contributed by atoms with E-state index in [0.29, 0.717) is 11.8 Å². The highest BCUT2D eigenvalue weighted by Crippen LogP contribution is 2.29. The van der Waals surface area contributed by atoms with Crippen LogP contribution in [0.5, 0.6) is 0 Å². The molecule has 0 aliphatic heterocycles. The number of hydrogen-bond donors (Lipinski definition) is 3. The molecule has 0 radical (unpaired) electrons. The maximum atomic E-state index is 10.8. The van der Waals surface area contributed by atoms with E-state index in [0.717, 1.165) is 19.3 Å². The van der Waals surface area contributed by atoms with Crippen LogP contribution in [0.4, 0.5) is 0 Å². The van der Waals surface area contributed by atoms with E-state index in [2.05, 4.69) is 37.0 Å². The molecule has 0 fully saturated rings. The largest absolute Gasteiger partial charge is 0.477 e. The number of carboxylic acid groups (broad SMARTS) is 1. The molecule has 27 heavy (non-hydrogen) atoms. The predicted molar refractivity (Wildman–Crippen MR) is 109 cm³/mol. The zero-order valence-corrected chi connectivity index (χ0v) is 16.8. The average molecular weight is 377 g/mol. The fourth-order valence-electron chi connectivity index (χ4n) is 3.24. The van der Waals surface area contributed by atoms with Crippen molar-refractivity contribution in [3.8, 4) is 0 Å². The highest BCUT2D eigenvalue weighted by molar-refractivity contribution is 5.75. The summed E-state index contributed by atoms with van der Waals surface area (Å²) >= 11 is 0. The molecule has 1 aliphatic carbocycles. The molecule has 0 saturated heterocycles. The molecule has 0 amide bonds. The van der Waals surface area contributed by atoms with Crippen LogP contribution in [-0.2, 0) is 4.79 Å². The van der Waals surface area contributed by atoms with E-state index in [4.69, 9.17) is 5.11 Å². The zero-order valence-electron chi connectivity index (χ0n) is 16.8. The highest BCUT2D eigenvalue weighted by Gasteiger charge is 2.38. The Morgan fingerprint density at radius 1 is 1.26 bits per heavy atom. The fraction of sp³-hybridized carbons (Fsp3) is 0.652. The van der Waals surface area contributed by atoms with Crippen molar-refractivity contribution in [1.82, 2.24) is 0 Å². The minimum absolute atomic E-state index is 0.439. The van der Waals surface area contributed by atoms with Gasteiger partial charge in [0.05, 0.1) is 0 Å². The second-order valence-corrected chi connectivity index (χ2v) is 7.58. The van der Waals surface area contributed by atoms with Crippen molar-refractivity contribution in [3.05, 3.63) is 42.2 Å². The van der Waals surface area contributed by atoms with Gasteiger partial charge in [0.25, 0.3) is 5.79 Å². The Bertz CT molecular complexity index is 553.